The van der Waals surface area contributed by atoms with E-state index in [2.05, 4.69) is 10.3 Å². The van der Waals surface area contributed by atoms with E-state index in [9.17, 15) is 27.5 Å². The van der Waals surface area contributed by atoms with Gasteiger partial charge >= 0.3 is 6.18 Å². The van der Waals surface area contributed by atoms with Crippen LogP contribution in [-0.2, 0) is 0 Å². The predicted molar refractivity (Wildman–Crippen MR) is 136 cm³/mol. The van der Waals surface area contributed by atoms with E-state index in [1.165, 1.54) is 43.5 Å². The highest BCUT2D eigenvalue weighted by Gasteiger charge is 2.42. The molecule has 0 aliphatic heterocycles. The zero-order chi connectivity index (χ0) is 28.3. The lowest BCUT2D eigenvalue weighted by Crippen LogP contribution is -2.35. The summed E-state index contributed by atoms with van der Waals surface area (Å²) in [5, 5.41) is 11.6. The lowest BCUT2D eigenvalue weighted by molar-refractivity contribution is -0.149. The molecule has 208 valence electrons. The van der Waals surface area contributed by atoms with E-state index in [1.807, 2.05) is 0 Å². The third-order valence-corrected chi connectivity index (χ3v) is 6.46. The molecule has 1 heterocycles. The fraction of sp³-hybridized carbons (Fsp3) is 0.333. The Hall–Kier alpha value is -3.41. The van der Waals surface area contributed by atoms with E-state index in [0.717, 1.165) is 25.0 Å². The van der Waals surface area contributed by atoms with Crippen LogP contribution in [0.1, 0.15) is 46.4 Å². The van der Waals surface area contributed by atoms with Gasteiger partial charge in [-0.1, -0.05) is 11.6 Å². The minimum atomic E-state index is -4.81. The molecule has 2 atom stereocenters. The molecule has 12 heteroatoms. The Kier molecular flexibility index (Phi) is 8.63. The Morgan fingerprint density at radius 2 is 1.92 bits per heavy atom. The van der Waals surface area contributed by atoms with Crippen molar-refractivity contribution in [2.45, 2.75) is 37.1 Å². The number of aliphatic hydroxyl groups is 1. The van der Waals surface area contributed by atoms with Gasteiger partial charge in [0.05, 0.1) is 42.3 Å². The number of carbonyl (C=O) groups excluding carboxylic acids is 1. The van der Waals surface area contributed by atoms with Crippen molar-refractivity contribution in [1.29, 1.82) is 0 Å². The van der Waals surface area contributed by atoms with Crippen LogP contribution in [0.2, 0.25) is 5.02 Å². The number of pyridine rings is 1. The second-order valence-electron chi connectivity index (χ2n) is 9.12. The Morgan fingerprint density at radius 3 is 2.54 bits per heavy atom. The highest BCUT2D eigenvalue weighted by molar-refractivity contribution is 6.31. The molecule has 0 bridgehead atoms. The topological polar surface area (TPSA) is 107 Å². The fourth-order valence-corrected chi connectivity index (χ4v) is 4.01. The molecule has 7 nitrogen and oxygen atoms in total. The number of methoxy groups -OCH3 is 1. The Morgan fingerprint density at radius 1 is 1.18 bits per heavy atom. The first kappa shape index (κ1) is 28.6. The number of alkyl halides is 3. The number of aromatic nitrogens is 1. The quantitative estimate of drug-likeness (QED) is 0.292. The fourth-order valence-electron chi connectivity index (χ4n) is 3.83. The Labute approximate surface area is 226 Å². The van der Waals surface area contributed by atoms with Gasteiger partial charge in [0.1, 0.15) is 11.7 Å². The second-order valence-corrected chi connectivity index (χ2v) is 9.52. The number of amides is 1. The summed E-state index contributed by atoms with van der Waals surface area (Å²) in [6.45, 7) is -1.37. The number of hydrogen-bond acceptors (Lipinski definition) is 6. The minimum Gasteiger partial charge on any atom is -0.493 e. The van der Waals surface area contributed by atoms with Crippen LogP contribution in [0.15, 0.2) is 48.5 Å². The van der Waals surface area contributed by atoms with Gasteiger partial charge in [-0.2, -0.15) is 13.2 Å². The van der Waals surface area contributed by atoms with E-state index < -0.39 is 48.7 Å². The number of nitrogens with zero attached hydrogens (tertiary/aromatic N) is 1. The number of ether oxygens (including phenoxy) is 2. The van der Waals surface area contributed by atoms with Gasteiger partial charge in [0, 0.05) is 17.7 Å². The van der Waals surface area contributed by atoms with E-state index in [1.54, 1.807) is 0 Å². The molecule has 1 saturated carbocycles. The predicted octanol–water partition coefficient (Wildman–Crippen LogP) is 5.16. The molecule has 4 rings (SSSR count). The molecule has 0 radical (unpaired) electrons. The van der Waals surface area contributed by atoms with E-state index in [-0.39, 0.29) is 39.3 Å². The summed E-state index contributed by atoms with van der Waals surface area (Å²) in [7, 11) is 1.40. The van der Waals surface area contributed by atoms with Crippen LogP contribution in [-0.4, -0.2) is 48.5 Å². The van der Waals surface area contributed by atoms with E-state index in [0.29, 0.717) is 5.75 Å². The average Bonchev–Trinajstić information content (AvgIpc) is 3.73. The molecule has 1 fully saturated rings. The minimum absolute atomic E-state index is 0.0462. The van der Waals surface area contributed by atoms with Gasteiger partial charge in [0.15, 0.2) is 11.5 Å². The lowest BCUT2D eigenvalue weighted by Gasteiger charge is -2.23. The SMILES string of the molecule is COc1cc(C(=O)NCC(c2cc(C(N)CO)cc(-c3ccc(F)c(Cl)c3)n2)C(F)(F)F)ccc1OC1CC1. The molecule has 39 heavy (non-hydrogen) atoms. The van der Waals surface area contributed by atoms with Crippen LogP contribution in [0, 0.1) is 5.82 Å². The lowest BCUT2D eigenvalue weighted by atomic mass is 9.97. The largest absolute Gasteiger partial charge is 0.493 e. The Bertz CT molecular complexity index is 1350. The monoisotopic (exact) mass is 567 g/mol. The van der Waals surface area contributed by atoms with Crippen LogP contribution in [0.25, 0.3) is 11.3 Å². The van der Waals surface area contributed by atoms with Crippen molar-refractivity contribution >= 4 is 17.5 Å². The van der Waals surface area contributed by atoms with Crippen molar-refractivity contribution in [2.24, 2.45) is 5.73 Å². The molecule has 4 N–H and O–H groups in total. The highest BCUT2D eigenvalue weighted by Crippen LogP contribution is 2.37. The number of carbonyl (C=O) groups is 1. The normalized spacial score (nSPS) is 15.0. The number of halogens is 5. The molecule has 1 aliphatic carbocycles. The maximum Gasteiger partial charge on any atom is 0.398 e. The third kappa shape index (κ3) is 6.97. The van der Waals surface area contributed by atoms with Crippen molar-refractivity contribution in [3.05, 3.63) is 76.2 Å². The molecule has 1 aromatic heterocycles. The standard InChI is InChI=1S/C27H26ClF4N3O4/c1-38-25-11-15(3-7-24(25)39-17-4-5-17)26(37)34-12-18(27(30,31)32)23-10-16(21(33)13-36)9-22(35-23)14-2-6-20(29)19(28)8-14/h2-3,6-11,17-18,21,36H,4-5,12-13,33H2,1H3,(H,34,37). The summed E-state index contributed by atoms with van der Waals surface area (Å²) >= 11 is 5.86. The summed E-state index contributed by atoms with van der Waals surface area (Å²) in [6.07, 6.45) is -2.89. The maximum absolute atomic E-state index is 14.2. The first-order valence-corrected chi connectivity index (χ1v) is 12.4. The van der Waals surface area contributed by atoms with Crippen molar-refractivity contribution < 1.29 is 36.9 Å². The van der Waals surface area contributed by atoms with Gasteiger partial charge < -0.3 is 25.6 Å². The van der Waals surface area contributed by atoms with Crippen LogP contribution in [0.4, 0.5) is 17.6 Å². The third-order valence-electron chi connectivity index (χ3n) is 6.17. The summed E-state index contributed by atoms with van der Waals surface area (Å²) in [6, 6.07) is 9.50. The number of aliphatic hydroxyl groups excluding tert-OH is 1. The van der Waals surface area contributed by atoms with Crippen LogP contribution in [0.5, 0.6) is 11.5 Å². The molecule has 0 saturated heterocycles. The van der Waals surface area contributed by atoms with Gasteiger partial charge in [-0.3, -0.25) is 9.78 Å². The van der Waals surface area contributed by atoms with Crippen molar-refractivity contribution in [2.75, 3.05) is 20.3 Å². The molecular formula is C27H26ClF4N3O4. The first-order chi connectivity index (χ1) is 18.5. The summed E-state index contributed by atoms with van der Waals surface area (Å²) in [5.41, 5.74) is 6.03. The Balaban J connectivity index is 1.62. The van der Waals surface area contributed by atoms with Gasteiger partial charge in [-0.25, -0.2) is 4.39 Å². The smallest absolute Gasteiger partial charge is 0.398 e. The van der Waals surface area contributed by atoms with Gasteiger partial charge in [-0.05, 0) is 66.9 Å². The summed E-state index contributed by atoms with van der Waals surface area (Å²) < 4.78 is 67.4. The zero-order valence-corrected chi connectivity index (χ0v) is 21.5. The molecule has 2 unspecified atom stereocenters. The van der Waals surface area contributed by atoms with Gasteiger partial charge in [0.2, 0.25) is 0 Å². The van der Waals surface area contributed by atoms with Crippen molar-refractivity contribution in [3.8, 4) is 22.8 Å². The molecule has 3 aromatic rings. The summed E-state index contributed by atoms with van der Waals surface area (Å²) in [5.74, 6) is -2.95. The van der Waals surface area contributed by atoms with Crippen LogP contribution in [0.3, 0.4) is 0 Å². The molecule has 2 aromatic carbocycles. The number of hydrogen-bond donors (Lipinski definition) is 3. The number of rotatable bonds is 10. The van der Waals surface area contributed by atoms with Crippen molar-refractivity contribution in [3.63, 3.8) is 0 Å². The number of benzene rings is 2. The molecule has 1 aliphatic rings. The number of nitrogens with two attached hydrogens (primary N) is 1. The second kappa shape index (κ2) is 11.8. The summed E-state index contributed by atoms with van der Waals surface area (Å²) in [4.78, 5) is 17.0. The molecular weight excluding hydrogens is 542 g/mol. The van der Waals surface area contributed by atoms with Crippen LogP contribution >= 0.6 is 11.6 Å². The maximum atomic E-state index is 14.2. The van der Waals surface area contributed by atoms with Gasteiger partial charge in [0.25, 0.3) is 5.91 Å². The zero-order valence-electron chi connectivity index (χ0n) is 20.8. The molecule has 1 amide bonds. The molecule has 0 spiro atoms. The van der Waals surface area contributed by atoms with Gasteiger partial charge in [-0.15, -0.1) is 0 Å². The van der Waals surface area contributed by atoms with E-state index >= 15 is 0 Å². The first-order valence-electron chi connectivity index (χ1n) is 12.0. The van der Waals surface area contributed by atoms with E-state index in [4.69, 9.17) is 26.8 Å². The highest BCUT2D eigenvalue weighted by atomic mass is 35.5. The average molecular weight is 568 g/mol. The number of nitrogens with one attached hydrogen (secondary N) is 1. The van der Waals surface area contributed by atoms with Crippen molar-refractivity contribution in [1.82, 2.24) is 10.3 Å². The van der Waals surface area contributed by atoms with Crippen LogP contribution < -0.4 is 20.5 Å².